The third kappa shape index (κ3) is 4.31. The number of hydrogen-bond acceptors (Lipinski definition) is 4. The predicted octanol–water partition coefficient (Wildman–Crippen LogP) is 5.30. The fraction of sp³-hybridized carbons (Fsp3) is 0.500. The highest BCUT2D eigenvalue weighted by Crippen LogP contribution is 2.34. The van der Waals surface area contributed by atoms with Crippen LogP contribution in [0.3, 0.4) is 0 Å². The maximum absolute atomic E-state index is 12.7. The van der Waals surface area contributed by atoms with Crippen LogP contribution < -0.4 is 10.9 Å². The summed E-state index contributed by atoms with van der Waals surface area (Å²) in [6, 6.07) is 9.21. The van der Waals surface area contributed by atoms with E-state index in [-0.39, 0.29) is 11.6 Å². The molecule has 2 N–H and O–H groups in total. The van der Waals surface area contributed by atoms with Crippen LogP contribution in [0, 0.1) is 5.92 Å². The zero-order chi connectivity index (χ0) is 20.4. The summed E-state index contributed by atoms with van der Waals surface area (Å²) in [5, 5.41) is 4.46. The summed E-state index contributed by atoms with van der Waals surface area (Å²) in [6.45, 7) is 7.25. The van der Waals surface area contributed by atoms with E-state index >= 15 is 0 Å². The average molecular weight is 410 g/mol. The van der Waals surface area contributed by atoms with Gasteiger partial charge in [-0.15, -0.1) is 11.3 Å². The quantitative estimate of drug-likeness (QED) is 0.530. The zero-order valence-corrected chi connectivity index (χ0v) is 18.5. The van der Waals surface area contributed by atoms with Crippen LogP contribution in [0.1, 0.15) is 73.5 Å². The minimum Gasteiger partial charge on any atom is -0.309 e. The van der Waals surface area contributed by atoms with Crippen molar-refractivity contribution < 1.29 is 0 Å². The smallest absolute Gasteiger partial charge is 0.259 e. The molecule has 4 nitrogen and oxygen atoms in total. The SMILES string of the molecule is CCCCc1ccc([C@H](NCc2nc3sc4c(c3c(=O)[nH]2)CCC4)C(C)C)cc1. The Labute approximate surface area is 176 Å². The Morgan fingerprint density at radius 1 is 1.21 bits per heavy atom. The van der Waals surface area contributed by atoms with E-state index < -0.39 is 0 Å². The molecule has 0 saturated heterocycles. The van der Waals surface area contributed by atoms with Crippen LogP contribution in [0.2, 0.25) is 0 Å². The molecule has 1 aliphatic carbocycles. The summed E-state index contributed by atoms with van der Waals surface area (Å²) in [7, 11) is 0. The molecule has 1 atom stereocenters. The number of nitrogens with one attached hydrogen (secondary N) is 2. The standard InChI is InChI=1S/C24H31N3OS/c1-4-5-7-16-10-12-17(13-11-16)22(15(2)3)25-14-20-26-23(28)21-18-8-6-9-19(18)29-24(21)27-20/h10-13,15,22,25H,4-9,14H2,1-3H3,(H,26,27,28)/t22-/m1/s1. The highest BCUT2D eigenvalue weighted by Gasteiger charge is 2.21. The lowest BCUT2D eigenvalue weighted by molar-refractivity contribution is 0.406. The Bertz CT molecular complexity index is 1030. The Morgan fingerprint density at radius 3 is 2.72 bits per heavy atom. The number of unbranched alkanes of at least 4 members (excludes halogenated alkanes) is 1. The van der Waals surface area contributed by atoms with E-state index in [1.807, 2.05) is 0 Å². The molecule has 1 aromatic carbocycles. The Kier molecular flexibility index (Phi) is 6.16. The van der Waals surface area contributed by atoms with Gasteiger partial charge in [-0.25, -0.2) is 4.98 Å². The Morgan fingerprint density at radius 2 is 2.00 bits per heavy atom. The molecule has 3 aromatic rings. The predicted molar refractivity (Wildman–Crippen MR) is 122 cm³/mol. The van der Waals surface area contributed by atoms with Crippen LogP contribution in [-0.2, 0) is 25.8 Å². The van der Waals surface area contributed by atoms with Gasteiger partial charge in [-0.2, -0.15) is 0 Å². The van der Waals surface area contributed by atoms with Crippen molar-refractivity contribution in [2.75, 3.05) is 0 Å². The van der Waals surface area contributed by atoms with Crippen LogP contribution >= 0.6 is 11.3 Å². The van der Waals surface area contributed by atoms with Crippen molar-refractivity contribution in [1.82, 2.24) is 15.3 Å². The molecule has 0 bridgehead atoms. The first kappa shape index (κ1) is 20.3. The second-order valence-electron chi connectivity index (χ2n) is 8.50. The topological polar surface area (TPSA) is 57.8 Å². The summed E-state index contributed by atoms with van der Waals surface area (Å²) in [5.74, 6) is 1.17. The number of thiophene rings is 1. The van der Waals surface area contributed by atoms with Crippen LogP contribution in [0.25, 0.3) is 10.2 Å². The molecule has 29 heavy (non-hydrogen) atoms. The lowest BCUT2D eigenvalue weighted by Crippen LogP contribution is -2.27. The van der Waals surface area contributed by atoms with E-state index in [0.29, 0.717) is 12.5 Å². The average Bonchev–Trinajstić information content (AvgIpc) is 3.28. The van der Waals surface area contributed by atoms with E-state index in [1.165, 1.54) is 34.4 Å². The molecule has 2 heterocycles. The minimum atomic E-state index is 0.0209. The first-order valence-corrected chi connectivity index (χ1v) is 11.7. The first-order valence-electron chi connectivity index (χ1n) is 10.9. The number of aromatic amines is 1. The van der Waals surface area contributed by atoms with E-state index in [0.717, 1.165) is 41.7 Å². The molecule has 1 aliphatic rings. The fourth-order valence-corrected chi connectivity index (χ4v) is 5.63. The lowest BCUT2D eigenvalue weighted by Gasteiger charge is -2.23. The largest absolute Gasteiger partial charge is 0.309 e. The van der Waals surface area contributed by atoms with Gasteiger partial charge in [0.05, 0.1) is 11.9 Å². The maximum Gasteiger partial charge on any atom is 0.259 e. The normalized spacial score (nSPS) is 14.6. The second-order valence-corrected chi connectivity index (χ2v) is 9.58. The van der Waals surface area contributed by atoms with E-state index in [9.17, 15) is 4.79 Å². The van der Waals surface area contributed by atoms with E-state index in [4.69, 9.17) is 4.98 Å². The summed E-state index contributed by atoms with van der Waals surface area (Å²) < 4.78 is 0. The third-order valence-electron chi connectivity index (χ3n) is 5.94. The van der Waals surface area contributed by atoms with Crippen molar-refractivity contribution in [3.05, 3.63) is 62.0 Å². The second kappa shape index (κ2) is 8.80. The molecule has 0 radical (unpaired) electrons. The summed E-state index contributed by atoms with van der Waals surface area (Å²) in [6.07, 6.45) is 6.87. The van der Waals surface area contributed by atoms with Gasteiger partial charge in [0.1, 0.15) is 10.7 Å². The molecule has 0 unspecified atom stereocenters. The van der Waals surface area contributed by atoms with E-state index in [2.05, 4.69) is 55.3 Å². The summed E-state index contributed by atoms with van der Waals surface area (Å²) in [4.78, 5) is 22.7. The molecule has 0 amide bonds. The van der Waals surface area contributed by atoms with Crippen molar-refractivity contribution in [3.63, 3.8) is 0 Å². The van der Waals surface area contributed by atoms with Crippen molar-refractivity contribution in [2.24, 2.45) is 5.92 Å². The van der Waals surface area contributed by atoms with Gasteiger partial charge in [-0.1, -0.05) is 51.5 Å². The Balaban J connectivity index is 1.50. The Hall–Kier alpha value is -1.98. The maximum atomic E-state index is 12.7. The van der Waals surface area contributed by atoms with Crippen molar-refractivity contribution >= 4 is 21.6 Å². The molecule has 4 rings (SSSR count). The van der Waals surface area contributed by atoms with Gasteiger partial charge < -0.3 is 10.3 Å². The molecule has 2 aromatic heterocycles. The number of fused-ring (bicyclic) bond motifs is 3. The van der Waals surface area contributed by atoms with Gasteiger partial charge in [0.2, 0.25) is 0 Å². The highest BCUT2D eigenvalue weighted by molar-refractivity contribution is 7.18. The number of aryl methyl sites for hydroxylation is 3. The van der Waals surface area contributed by atoms with Crippen molar-refractivity contribution in [2.45, 2.75) is 71.9 Å². The number of aromatic nitrogens is 2. The van der Waals surface area contributed by atoms with Crippen LogP contribution in [0.5, 0.6) is 0 Å². The molecule has 5 heteroatoms. The van der Waals surface area contributed by atoms with Gasteiger partial charge >= 0.3 is 0 Å². The molecule has 0 aliphatic heterocycles. The number of nitrogens with zero attached hydrogens (tertiary/aromatic N) is 1. The van der Waals surface area contributed by atoms with Gasteiger partial charge in [0.25, 0.3) is 5.56 Å². The molecular weight excluding hydrogens is 378 g/mol. The van der Waals surface area contributed by atoms with Crippen LogP contribution in [-0.4, -0.2) is 9.97 Å². The molecule has 0 fully saturated rings. The van der Waals surface area contributed by atoms with Gasteiger partial charge in [-0.3, -0.25) is 4.79 Å². The van der Waals surface area contributed by atoms with Gasteiger partial charge in [-0.05, 0) is 54.7 Å². The summed E-state index contributed by atoms with van der Waals surface area (Å²) in [5.41, 5.74) is 3.95. The summed E-state index contributed by atoms with van der Waals surface area (Å²) >= 11 is 1.70. The van der Waals surface area contributed by atoms with E-state index in [1.54, 1.807) is 11.3 Å². The van der Waals surface area contributed by atoms with Gasteiger partial charge in [0, 0.05) is 10.9 Å². The molecular formula is C24H31N3OS. The van der Waals surface area contributed by atoms with Crippen molar-refractivity contribution in [3.8, 4) is 0 Å². The highest BCUT2D eigenvalue weighted by atomic mass is 32.1. The molecule has 154 valence electrons. The van der Waals surface area contributed by atoms with Gasteiger partial charge in [0.15, 0.2) is 0 Å². The monoisotopic (exact) mass is 409 g/mol. The number of hydrogen-bond donors (Lipinski definition) is 2. The lowest BCUT2D eigenvalue weighted by atomic mass is 9.94. The number of rotatable bonds is 8. The third-order valence-corrected chi connectivity index (χ3v) is 7.12. The fourth-order valence-electron chi connectivity index (χ4n) is 4.35. The first-order chi connectivity index (χ1) is 14.1. The zero-order valence-electron chi connectivity index (χ0n) is 17.7. The number of H-pyrrole nitrogens is 1. The molecule has 0 spiro atoms. The van der Waals surface area contributed by atoms with Crippen LogP contribution in [0.4, 0.5) is 0 Å². The van der Waals surface area contributed by atoms with Crippen LogP contribution in [0.15, 0.2) is 29.1 Å². The number of benzene rings is 1. The van der Waals surface area contributed by atoms with Crippen molar-refractivity contribution in [1.29, 1.82) is 0 Å². The molecule has 0 saturated carbocycles. The minimum absolute atomic E-state index is 0.0209.